The molecule has 1 unspecified atom stereocenters. The molecule has 8 heteroatoms. The highest BCUT2D eigenvalue weighted by Crippen LogP contribution is 2.16. The van der Waals surface area contributed by atoms with E-state index < -0.39 is 16.6 Å². The van der Waals surface area contributed by atoms with E-state index in [1.54, 1.807) is 0 Å². The molecule has 1 heterocycles. The number of nitro groups is 1. The number of benzene rings is 1. The van der Waals surface area contributed by atoms with Crippen LogP contribution in [-0.4, -0.2) is 30.0 Å². The molecule has 1 amide bonds. The average Bonchev–Trinajstić information content (AvgIpc) is 2.81. The van der Waals surface area contributed by atoms with Crippen molar-refractivity contribution in [3.8, 4) is 0 Å². The smallest absolute Gasteiger partial charge is 0.272 e. The molecule has 6 nitrogen and oxygen atoms in total. The number of hydrogen-bond acceptors (Lipinski definition) is 4. The summed E-state index contributed by atoms with van der Waals surface area (Å²) in [5.74, 6) is -1.43. The van der Waals surface area contributed by atoms with Crippen LogP contribution in [0.3, 0.4) is 0 Å². The number of non-ortho nitro benzene ring substituents is 1. The van der Waals surface area contributed by atoms with Gasteiger partial charge in [0.2, 0.25) is 0 Å². The Hall–Kier alpha value is -1.73. The molecule has 0 bridgehead atoms. The van der Waals surface area contributed by atoms with Gasteiger partial charge in [0.15, 0.2) is 0 Å². The van der Waals surface area contributed by atoms with E-state index in [1.165, 1.54) is 0 Å². The summed E-state index contributed by atoms with van der Waals surface area (Å²) in [7, 11) is 0. The zero-order valence-electron chi connectivity index (χ0n) is 9.89. The maximum atomic E-state index is 13.6. The van der Waals surface area contributed by atoms with E-state index in [-0.39, 0.29) is 29.7 Å². The first-order chi connectivity index (χ1) is 8.58. The quantitative estimate of drug-likeness (QED) is 0.648. The van der Waals surface area contributed by atoms with Gasteiger partial charge in [0.1, 0.15) is 5.82 Å². The van der Waals surface area contributed by atoms with E-state index in [1.807, 2.05) is 0 Å². The summed E-state index contributed by atoms with van der Waals surface area (Å²) in [5.41, 5.74) is -0.543. The zero-order valence-corrected chi connectivity index (χ0v) is 10.7. The molecule has 1 atom stereocenters. The van der Waals surface area contributed by atoms with E-state index >= 15 is 0 Å². The summed E-state index contributed by atoms with van der Waals surface area (Å²) < 4.78 is 13.6. The minimum absolute atomic E-state index is 0. The van der Waals surface area contributed by atoms with E-state index in [0.29, 0.717) is 6.54 Å². The second-order valence-corrected chi connectivity index (χ2v) is 4.08. The lowest BCUT2D eigenvalue weighted by atomic mass is 10.1. The molecule has 0 aromatic heterocycles. The number of hydrogen-bond donors (Lipinski definition) is 2. The van der Waals surface area contributed by atoms with Gasteiger partial charge in [-0.25, -0.2) is 4.39 Å². The number of rotatable bonds is 3. The zero-order chi connectivity index (χ0) is 13.1. The van der Waals surface area contributed by atoms with Crippen molar-refractivity contribution in [1.82, 2.24) is 10.6 Å². The Labute approximate surface area is 114 Å². The molecule has 1 aromatic carbocycles. The van der Waals surface area contributed by atoms with Crippen molar-refractivity contribution in [3.63, 3.8) is 0 Å². The van der Waals surface area contributed by atoms with Crippen LogP contribution < -0.4 is 10.6 Å². The fourth-order valence-electron chi connectivity index (χ4n) is 1.84. The van der Waals surface area contributed by atoms with Crippen LogP contribution in [-0.2, 0) is 0 Å². The van der Waals surface area contributed by atoms with Gasteiger partial charge >= 0.3 is 0 Å². The lowest BCUT2D eigenvalue weighted by Crippen LogP contribution is -2.36. The number of nitrogens with zero attached hydrogens (tertiary/aromatic N) is 1. The number of nitrogens with one attached hydrogen (secondary N) is 2. The third-order valence-electron chi connectivity index (χ3n) is 2.80. The van der Waals surface area contributed by atoms with Crippen LogP contribution in [0.25, 0.3) is 0 Å². The summed E-state index contributed by atoms with van der Waals surface area (Å²) in [6, 6.07) is 2.98. The predicted molar refractivity (Wildman–Crippen MR) is 69.0 cm³/mol. The third kappa shape index (κ3) is 3.62. The van der Waals surface area contributed by atoms with Crippen LogP contribution in [0.2, 0.25) is 0 Å². The minimum atomic E-state index is -0.882. The molecule has 2 N–H and O–H groups in total. The first-order valence-electron chi connectivity index (χ1n) is 5.53. The lowest BCUT2D eigenvalue weighted by molar-refractivity contribution is -0.385. The molecule has 1 fully saturated rings. The number of nitro benzene ring substituents is 1. The van der Waals surface area contributed by atoms with Crippen molar-refractivity contribution in [3.05, 3.63) is 39.7 Å². The number of halogens is 2. The first kappa shape index (κ1) is 15.3. The predicted octanol–water partition coefficient (Wildman–Crippen LogP) is 1.25. The van der Waals surface area contributed by atoms with Gasteiger partial charge < -0.3 is 10.6 Å². The standard InChI is InChI=1S/C11H12FN3O3.ClH/c12-10-5-8(15(17)18)1-2-9(10)11(16)14-7-3-4-13-6-7;/h1-2,5,7,13H,3-4,6H2,(H,14,16);1H. The van der Waals surface area contributed by atoms with Gasteiger partial charge in [-0.05, 0) is 19.0 Å². The van der Waals surface area contributed by atoms with Gasteiger partial charge in [-0.2, -0.15) is 0 Å². The highest BCUT2D eigenvalue weighted by atomic mass is 35.5. The van der Waals surface area contributed by atoms with Crippen molar-refractivity contribution in [2.45, 2.75) is 12.5 Å². The van der Waals surface area contributed by atoms with Gasteiger partial charge in [-0.3, -0.25) is 14.9 Å². The second-order valence-electron chi connectivity index (χ2n) is 4.08. The van der Waals surface area contributed by atoms with Crippen LogP contribution in [0, 0.1) is 15.9 Å². The minimum Gasteiger partial charge on any atom is -0.348 e. The van der Waals surface area contributed by atoms with Gasteiger partial charge in [0, 0.05) is 18.7 Å². The Kier molecular flexibility index (Phi) is 5.20. The van der Waals surface area contributed by atoms with Crippen molar-refractivity contribution in [2.75, 3.05) is 13.1 Å². The molecule has 104 valence electrons. The topological polar surface area (TPSA) is 84.3 Å². The molecule has 19 heavy (non-hydrogen) atoms. The van der Waals surface area contributed by atoms with Crippen LogP contribution >= 0.6 is 12.4 Å². The van der Waals surface area contributed by atoms with Crippen molar-refractivity contribution >= 4 is 24.0 Å². The van der Waals surface area contributed by atoms with E-state index in [4.69, 9.17) is 0 Å². The second kappa shape index (κ2) is 6.44. The van der Waals surface area contributed by atoms with Gasteiger partial charge in [0.25, 0.3) is 11.6 Å². The summed E-state index contributed by atoms with van der Waals surface area (Å²) in [5, 5.41) is 16.2. The molecule has 0 radical (unpaired) electrons. The van der Waals surface area contributed by atoms with Crippen LogP contribution in [0.1, 0.15) is 16.8 Å². The number of carbonyl (C=O) groups excluding carboxylic acids is 1. The lowest BCUT2D eigenvalue weighted by Gasteiger charge is -2.11. The molecule has 0 spiro atoms. The fraction of sp³-hybridized carbons (Fsp3) is 0.364. The first-order valence-corrected chi connectivity index (χ1v) is 5.53. The Morgan fingerprint density at radius 2 is 2.26 bits per heavy atom. The van der Waals surface area contributed by atoms with Crippen LogP contribution in [0.5, 0.6) is 0 Å². The molecular weight excluding hydrogens is 277 g/mol. The highest BCUT2D eigenvalue weighted by Gasteiger charge is 2.20. The third-order valence-corrected chi connectivity index (χ3v) is 2.80. The van der Waals surface area contributed by atoms with Crippen LogP contribution in [0.15, 0.2) is 18.2 Å². The largest absolute Gasteiger partial charge is 0.348 e. The Morgan fingerprint density at radius 1 is 1.53 bits per heavy atom. The molecule has 1 aromatic rings. The van der Waals surface area contributed by atoms with Gasteiger partial charge in [-0.1, -0.05) is 0 Å². The van der Waals surface area contributed by atoms with E-state index in [0.717, 1.165) is 31.2 Å². The van der Waals surface area contributed by atoms with E-state index in [9.17, 15) is 19.3 Å². The van der Waals surface area contributed by atoms with Crippen molar-refractivity contribution in [2.24, 2.45) is 0 Å². The summed E-state index contributed by atoms with van der Waals surface area (Å²) in [4.78, 5) is 21.5. The fourth-order valence-corrected chi connectivity index (χ4v) is 1.84. The van der Waals surface area contributed by atoms with Gasteiger partial charge in [-0.15, -0.1) is 12.4 Å². The molecule has 1 saturated heterocycles. The molecule has 2 rings (SSSR count). The summed E-state index contributed by atoms with van der Waals surface area (Å²) in [6.45, 7) is 1.47. The SMILES string of the molecule is Cl.O=C(NC1CCNC1)c1ccc([N+](=O)[O-])cc1F. The average molecular weight is 290 g/mol. The maximum absolute atomic E-state index is 13.6. The molecule has 0 saturated carbocycles. The Bertz CT molecular complexity index is 492. The van der Waals surface area contributed by atoms with Crippen molar-refractivity contribution < 1.29 is 14.1 Å². The molecule has 0 aliphatic carbocycles. The van der Waals surface area contributed by atoms with E-state index in [2.05, 4.69) is 10.6 Å². The van der Waals surface area contributed by atoms with Crippen molar-refractivity contribution in [1.29, 1.82) is 0 Å². The number of carbonyl (C=O) groups is 1. The Morgan fingerprint density at radius 3 is 2.79 bits per heavy atom. The maximum Gasteiger partial charge on any atom is 0.272 e. The highest BCUT2D eigenvalue weighted by molar-refractivity contribution is 5.94. The Balaban J connectivity index is 0.00000180. The summed E-state index contributed by atoms with van der Waals surface area (Å²) >= 11 is 0. The molecule has 1 aliphatic rings. The summed E-state index contributed by atoms with van der Waals surface area (Å²) in [6.07, 6.45) is 0.792. The monoisotopic (exact) mass is 289 g/mol. The number of amides is 1. The molecule has 1 aliphatic heterocycles. The van der Waals surface area contributed by atoms with Gasteiger partial charge in [0.05, 0.1) is 16.6 Å². The molecular formula is C11H13ClFN3O3. The van der Waals surface area contributed by atoms with Crippen LogP contribution in [0.4, 0.5) is 10.1 Å². The normalized spacial score (nSPS) is 17.6.